The predicted molar refractivity (Wildman–Crippen MR) is 115 cm³/mol. The lowest BCUT2D eigenvalue weighted by molar-refractivity contribution is -0.123. The van der Waals surface area contributed by atoms with Crippen molar-refractivity contribution in [3.8, 4) is 6.07 Å². The fourth-order valence-electron chi connectivity index (χ4n) is 2.22. The highest BCUT2D eigenvalue weighted by Crippen LogP contribution is 2.28. The highest BCUT2D eigenvalue weighted by atomic mass is 127. The summed E-state index contributed by atoms with van der Waals surface area (Å²) in [4.78, 5) is 24.5. The van der Waals surface area contributed by atoms with Gasteiger partial charge in [0, 0.05) is 16.3 Å². The van der Waals surface area contributed by atoms with Crippen molar-refractivity contribution in [2.24, 2.45) is 0 Å². The van der Waals surface area contributed by atoms with Gasteiger partial charge < -0.3 is 10.4 Å². The molecular formula is C18H15Cl2IN4O3. The van der Waals surface area contributed by atoms with Gasteiger partial charge in [-0.15, -0.1) is 0 Å². The molecule has 2 aromatic rings. The second kappa shape index (κ2) is 9.93. The second-order valence-electron chi connectivity index (χ2n) is 5.66. The summed E-state index contributed by atoms with van der Waals surface area (Å²) in [6.45, 7) is 1.68. The van der Waals surface area contributed by atoms with Crippen molar-refractivity contribution in [1.29, 1.82) is 5.26 Å². The van der Waals surface area contributed by atoms with Gasteiger partial charge in [0.05, 0.1) is 10.6 Å². The van der Waals surface area contributed by atoms with Crippen LogP contribution in [-0.2, 0) is 4.79 Å². The van der Waals surface area contributed by atoms with Crippen LogP contribution in [0.25, 0.3) is 0 Å². The first kappa shape index (κ1) is 22.2. The third-order valence-corrected chi connectivity index (χ3v) is 5.24. The Labute approximate surface area is 185 Å². The Bertz CT molecular complexity index is 930. The molecule has 0 aliphatic rings. The normalized spacial score (nSPS) is 12.4. The van der Waals surface area contributed by atoms with Gasteiger partial charge in [-0.2, -0.15) is 5.26 Å². The van der Waals surface area contributed by atoms with Crippen molar-refractivity contribution in [2.45, 2.75) is 17.1 Å². The van der Waals surface area contributed by atoms with Crippen molar-refractivity contribution >= 4 is 63.3 Å². The van der Waals surface area contributed by atoms with Crippen molar-refractivity contribution < 1.29 is 14.7 Å². The van der Waals surface area contributed by atoms with Crippen LogP contribution in [-0.4, -0.2) is 27.1 Å². The van der Waals surface area contributed by atoms with Gasteiger partial charge in [-0.05, 0) is 71.5 Å². The van der Waals surface area contributed by atoms with Crippen LogP contribution in [0.2, 0.25) is 10.0 Å². The minimum absolute atomic E-state index is 0.255. The molecule has 0 radical (unpaired) electrons. The Morgan fingerprint density at radius 3 is 2.36 bits per heavy atom. The van der Waals surface area contributed by atoms with E-state index in [1.54, 1.807) is 47.7 Å². The number of nitriles is 1. The third kappa shape index (κ3) is 5.48. The van der Waals surface area contributed by atoms with E-state index in [0.717, 1.165) is 0 Å². The van der Waals surface area contributed by atoms with E-state index in [1.807, 2.05) is 6.07 Å². The summed E-state index contributed by atoms with van der Waals surface area (Å²) in [5.41, 5.74) is 6.19. The van der Waals surface area contributed by atoms with E-state index in [-0.39, 0.29) is 5.02 Å². The SMILES string of the molecule is Cc1c(N[C@@H](C(=O)NNC(=O)c2ccc(Cl)cc2)[C@H](O)I)ccc(C#N)c1Cl. The number of hydrogen-bond donors (Lipinski definition) is 4. The van der Waals surface area contributed by atoms with E-state index >= 15 is 0 Å². The molecule has 10 heteroatoms. The highest BCUT2D eigenvalue weighted by Gasteiger charge is 2.26. The molecule has 146 valence electrons. The number of carbonyl (C=O) groups excluding carboxylic acids is 2. The van der Waals surface area contributed by atoms with Crippen LogP contribution >= 0.6 is 45.8 Å². The first-order valence-electron chi connectivity index (χ1n) is 7.88. The number of anilines is 1. The molecule has 2 amide bonds. The molecule has 2 aromatic carbocycles. The first-order chi connectivity index (χ1) is 13.2. The number of benzene rings is 2. The number of hydrogen-bond acceptors (Lipinski definition) is 5. The van der Waals surface area contributed by atoms with E-state index in [1.165, 1.54) is 18.2 Å². The van der Waals surface area contributed by atoms with E-state index < -0.39 is 22.0 Å². The Morgan fingerprint density at radius 1 is 1.14 bits per heavy atom. The minimum atomic E-state index is -1.11. The van der Waals surface area contributed by atoms with Gasteiger partial charge in [-0.25, -0.2) is 0 Å². The molecule has 0 aliphatic heterocycles. The molecule has 7 nitrogen and oxygen atoms in total. The van der Waals surface area contributed by atoms with Gasteiger partial charge in [0.2, 0.25) is 0 Å². The van der Waals surface area contributed by atoms with Gasteiger partial charge in [0.25, 0.3) is 11.8 Å². The molecule has 4 N–H and O–H groups in total. The number of hydrazine groups is 1. The van der Waals surface area contributed by atoms with E-state index in [9.17, 15) is 14.7 Å². The van der Waals surface area contributed by atoms with Crippen molar-refractivity contribution in [1.82, 2.24) is 10.9 Å². The summed E-state index contributed by atoms with van der Waals surface area (Å²) in [6, 6.07) is 10.1. The van der Waals surface area contributed by atoms with Gasteiger partial charge in [-0.3, -0.25) is 20.4 Å². The minimum Gasteiger partial charge on any atom is -0.380 e. The first-order valence-corrected chi connectivity index (χ1v) is 9.88. The number of nitrogens with one attached hydrogen (secondary N) is 3. The molecule has 0 spiro atoms. The van der Waals surface area contributed by atoms with Gasteiger partial charge in [0.15, 0.2) is 0 Å². The summed E-state index contributed by atoms with van der Waals surface area (Å²) in [6.07, 6.45) is 0. The fraction of sp³-hybridized carbons (Fsp3) is 0.167. The Kier molecular flexibility index (Phi) is 7.88. The van der Waals surface area contributed by atoms with Crippen molar-refractivity contribution in [3.05, 3.63) is 63.1 Å². The monoisotopic (exact) mass is 532 g/mol. The zero-order chi connectivity index (χ0) is 20.8. The van der Waals surface area contributed by atoms with Crippen LogP contribution in [0.1, 0.15) is 21.5 Å². The molecule has 0 aromatic heterocycles. The average molecular weight is 533 g/mol. The number of nitrogens with zero attached hydrogens (tertiary/aromatic N) is 1. The Hall–Kier alpha value is -2.06. The Balaban J connectivity index is 2.08. The molecule has 2 atom stereocenters. The highest BCUT2D eigenvalue weighted by molar-refractivity contribution is 14.1. The molecule has 0 heterocycles. The molecule has 2 rings (SSSR count). The lowest BCUT2D eigenvalue weighted by Gasteiger charge is -2.22. The van der Waals surface area contributed by atoms with Crippen LogP contribution in [0, 0.1) is 18.3 Å². The lowest BCUT2D eigenvalue weighted by atomic mass is 10.1. The van der Waals surface area contributed by atoms with E-state index in [2.05, 4.69) is 16.2 Å². The molecule has 0 unspecified atom stereocenters. The van der Waals surface area contributed by atoms with Gasteiger partial charge in [0.1, 0.15) is 16.2 Å². The average Bonchev–Trinajstić information content (AvgIpc) is 2.67. The van der Waals surface area contributed by atoms with Crippen LogP contribution < -0.4 is 16.2 Å². The third-order valence-electron chi connectivity index (χ3n) is 3.78. The maximum absolute atomic E-state index is 12.4. The maximum Gasteiger partial charge on any atom is 0.269 e. The molecule has 0 aliphatic carbocycles. The molecule has 0 bridgehead atoms. The summed E-state index contributed by atoms with van der Waals surface area (Å²) in [5, 5.41) is 22.6. The number of halogens is 3. The number of aliphatic hydroxyl groups is 1. The topological polar surface area (TPSA) is 114 Å². The molecule has 28 heavy (non-hydrogen) atoms. The predicted octanol–water partition coefficient (Wildman–Crippen LogP) is 3.17. The second-order valence-corrected chi connectivity index (χ2v) is 7.75. The molecular weight excluding hydrogens is 518 g/mol. The lowest BCUT2D eigenvalue weighted by Crippen LogP contribution is -2.51. The smallest absolute Gasteiger partial charge is 0.269 e. The summed E-state index contributed by atoms with van der Waals surface area (Å²) >= 11 is 13.6. The Morgan fingerprint density at radius 2 is 1.79 bits per heavy atom. The van der Waals surface area contributed by atoms with Gasteiger partial charge >= 0.3 is 0 Å². The molecule has 0 fully saturated rings. The standard InChI is InChI=1S/C18H15Cl2IN4O3/c1-9-13(7-4-11(8-22)14(9)20)23-15(16(21)26)18(28)25-24-17(27)10-2-5-12(19)6-3-10/h2-7,15-16,23,26H,1H3,(H,24,27)(H,25,28)/t15-,16+/m1/s1. The zero-order valence-corrected chi connectivity index (χ0v) is 18.1. The van der Waals surface area contributed by atoms with Crippen molar-refractivity contribution in [2.75, 3.05) is 5.32 Å². The van der Waals surface area contributed by atoms with Crippen LogP contribution in [0.4, 0.5) is 5.69 Å². The number of aliphatic hydroxyl groups excluding tert-OH is 1. The van der Waals surface area contributed by atoms with Crippen molar-refractivity contribution in [3.63, 3.8) is 0 Å². The summed E-state index contributed by atoms with van der Waals surface area (Å²) in [7, 11) is 0. The number of rotatable bonds is 5. The summed E-state index contributed by atoms with van der Waals surface area (Å²) in [5.74, 6) is -1.20. The summed E-state index contributed by atoms with van der Waals surface area (Å²) < 4.78 is -1.11. The van der Waals surface area contributed by atoms with Gasteiger partial charge in [-0.1, -0.05) is 23.2 Å². The maximum atomic E-state index is 12.4. The van der Waals surface area contributed by atoms with Crippen LogP contribution in [0.3, 0.4) is 0 Å². The van der Waals surface area contributed by atoms with Crippen LogP contribution in [0.15, 0.2) is 36.4 Å². The largest absolute Gasteiger partial charge is 0.380 e. The quantitative estimate of drug-likeness (QED) is 0.268. The van der Waals surface area contributed by atoms with E-state index in [4.69, 9.17) is 28.5 Å². The zero-order valence-electron chi connectivity index (χ0n) is 14.5. The number of carbonyl (C=O) groups is 2. The molecule has 0 saturated heterocycles. The number of amides is 2. The van der Waals surface area contributed by atoms with E-state index in [0.29, 0.717) is 27.4 Å². The van der Waals surface area contributed by atoms with Crippen LogP contribution in [0.5, 0.6) is 0 Å². The fourth-order valence-corrected chi connectivity index (χ4v) is 3.06. The molecule has 0 saturated carbocycles. The number of alkyl halides is 1.